The van der Waals surface area contributed by atoms with Crippen molar-refractivity contribution in [1.82, 2.24) is 8.68 Å². The summed E-state index contributed by atoms with van der Waals surface area (Å²) in [6.07, 6.45) is 34.8. The van der Waals surface area contributed by atoms with Crippen LogP contribution < -0.4 is 11.0 Å². The van der Waals surface area contributed by atoms with Crippen LogP contribution in [0.1, 0.15) is 276 Å². The molecule has 11 heteroatoms. The predicted molar refractivity (Wildman–Crippen MR) is 353 cm³/mol. The van der Waals surface area contributed by atoms with Crippen molar-refractivity contribution < 1.29 is 9.79 Å². The Hall–Kier alpha value is -5.41. The minimum atomic E-state index is -4.66. The Balaban J connectivity index is 1.38. The van der Waals surface area contributed by atoms with E-state index >= 15 is 0 Å². The molecule has 0 aliphatic carbocycles. The summed E-state index contributed by atoms with van der Waals surface area (Å²) >= 11 is 0. The number of fused-ring (bicyclic) bond motifs is 14. The first-order valence-electron chi connectivity index (χ1n) is 33.5. The first kappa shape index (κ1) is 60.7. The third-order valence-corrected chi connectivity index (χ3v) is 20.1. The molecular formula is C72H98N8O2P+. The molecule has 0 spiro atoms. The summed E-state index contributed by atoms with van der Waals surface area (Å²) in [6.45, 7) is 18.2. The van der Waals surface area contributed by atoms with Gasteiger partial charge in [0.15, 0.2) is 46.0 Å². The Morgan fingerprint density at radius 3 is 0.759 bits per heavy atom. The SMILES string of the molecule is CCCCCc1cc2c(cc1CCCCC)C1=Nc3c4cc(CCCCC)c(CCCCC)cc4c4n3[P+](O)(O)n3c(c5cc(CCCCC)c(CCCCC)cc5c3=NC3=NC(=N4)c4cc(CCCCC)c(CCCCC)cc43)=NC2=N1. The van der Waals surface area contributed by atoms with Crippen molar-refractivity contribution >= 4 is 64.5 Å². The lowest BCUT2D eigenvalue weighted by atomic mass is 9.92. The maximum absolute atomic E-state index is 14.2. The molecule has 0 amide bonds. The van der Waals surface area contributed by atoms with Gasteiger partial charge in [-0.15, -0.1) is 8.68 Å². The second kappa shape index (κ2) is 28.2. The second-order valence-electron chi connectivity index (χ2n) is 24.7. The summed E-state index contributed by atoms with van der Waals surface area (Å²) in [6, 6.07) is 18.8. The molecule has 0 saturated heterocycles. The van der Waals surface area contributed by atoms with Crippen LogP contribution in [0.5, 0.6) is 0 Å². The zero-order chi connectivity index (χ0) is 58.0. The second-order valence-corrected chi connectivity index (χ2v) is 26.6. The number of hydrogen-bond acceptors (Lipinski definition) is 8. The number of amidine groups is 4. The van der Waals surface area contributed by atoms with Gasteiger partial charge in [0.05, 0.1) is 0 Å². The molecule has 6 heterocycles. The van der Waals surface area contributed by atoms with Crippen LogP contribution >= 0.6 is 8.02 Å². The van der Waals surface area contributed by atoms with E-state index < -0.39 is 8.02 Å². The van der Waals surface area contributed by atoms with E-state index in [1.165, 1.54) is 70.2 Å². The van der Waals surface area contributed by atoms with Crippen LogP contribution in [-0.2, 0) is 51.4 Å². The van der Waals surface area contributed by atoms with Gasteiger partial charge in [-0.05, 0) is 196 Å². The zero-order valence-corrected chi connectivity index (χ0v) is 53.1. The normalized spacial score (nSPS) is 14.6. The number of aliphatic imine (C=N–C) groups is 4. The highest BCUT2D eigenvalue weighted by molar-refractivity contribution is 7.61. The number of rotatable bonds is 32. The molecule has 4 aliphatic heterocycles. The van der Waals surface area contributed by atoms with Crippen molar-refractivity contribution in [3.8, 4) is 0 Å². The minimum Gasteiger partial charge on any atom is -0.208 e. The van der Waals surface area contributed by atoms with Crippen molar-refractivity contribution in [1.29, 1.82) is 0 Å². The maximum atomic E-state index is 14.2. The van der Waals surface area contributed by atoms with Gasteiger partial charge in [0.1, 0.15) is 0 Å². The van der Waals surface area contributed by atoms with Gasteiger partial charge >= 0.3 is 8.02 Å². The molecule has 83 heavy (non-hydrogen) atoms. The highest BCUT2D eigenvalue weighted by Gasteiger charge is 2.50. The first-order valence-corrected chi connectivity index (χ1v) is 35.1. The molecule has 2 N–H and O–H groups in total. The highest BCUT2D eigenvalue weighted by Crippen LogP contribution is 2.61. The van der Waals surface area contributed by atoms with E-state index in [0.29, 0.717) is 46.0 Å². The van der Waals surface area contributed by atoms with Gasteiger partial charge in [-0.3, -0.25) is 0 Å². The van der Waals surface area contributed by atoms with Crippen molar-refractivity contribution in [3.05, 3.63) is 126 Å². The summed E-state index contributed by atoms with van der Waals surface area (Å²) in [5.41, 5.74) is 15.3. The first-order chi connectivity index (χ1) is 40.6. The molecule has 4 aliphatic rings. The van der Waals surface area contributed by atoms with E-state index in [-0.39, 0.29) is 0 Å². The summed E-state index contributed by atoms with van der Waals surface area (Å²) in [5, 5.41) is 3.38. The van der Waals surface area contributed by atoms with Crippen LogP contribution in [0, 0.1) is 0 Å². The monoisotopic (exact) mass is 1140 g/mol. The molecule has 6 bridgehead atoms. The lowest BCUT2D eigenvalue weighted by Gasteiger charge is -2.17. The van der Waals surface area contributed by atoms with Crippen LogP contribution in [0.25, 0.3) is 21.5 Å². The quantitative estimate of drug-likeness (QED) is 0.0323. The molecule has 10 nitrogen and oxygen atoms in total. The molecule has 0 saturated carbocycles. The van der Waals surface area contributed by atoms with Crippen molar-refractivity contribution in [3.63, 3.8) is 0 Å². The van der Waals surface area contributed by atoms with E-state index in [0.717, 1.165) is 224 Å². The standard InChI is InChI=1S/C72H98N8O2P/c1-9-17-25-33-49-41-57-58(42-50(49)34-26-18-10-2)66-73-65(57)75-69-61-45-53(37-29-21-13-5)54(38-30-22-14-6)46-62(61)71-77-67-59-43-51(35-27-19-11-3)52(36-28-20-12-4)44-60(59)68(74-67)78-72-64-48-56(40-32-24-16-8)55(39-31-23-15-7)47-63(64)70(76-66)80(72)83(81,82)79(69)71/h41-48,81-82H,9-40H2,1-8H3/q+1. The lowest BCUT2D eigenvalue weighted by Crippen LogP contribution is -2.33. The number of hydrogen-bond donors (Lipinski definition) is 2. The number of unbranched alkanes of at least 4 members (excludes halogenated alkanes) is 16. The number of benzene rings is 4. The molecule has 2 aromatic heterocycles. The van der Waals surface area contributed by atoms with Gasteiger partial charge in [0.25, 0.3) is 0 Å². The molecular weight excluding hydrogens is 1040 g/mol. The van der Waals surface area contributed by atoms with Crippen LogP contribution in [0.4, 0.5) is 11.6 Å². The van der Waals surface area contributed by atoms with E-state index in [1.807, 2.05) is 0 Å². The van der Waals surface area contributed by atoms with Crippen molar-refractivity contribution in [2.24, 2.45) is 30.0 Å². The Kier molecular flexibility index (Phi) is 20.6. The fraction of sp³-hybridized carbons (Fsp3) is 0.556. The third kappa shape index (κ3) is 12.8. The van der Waals surface area contributed by atoms with E-state index in [1.54, 1.807) is 8.68 Å². The average molecular weight is 1140 g/mol. The number of nitrogens with zero attached hydrogens (tertiary/aromatic N) is 8. The zero-order valence-electron chi connectivity index (χ0n) is 52.2. The van der Waals surface area contributed by atoms with E-state index in [9.17, 15) is 9.79 Å². The average Bonchev–Trinajstić information content (AvgIpc) is 2.31. The summed E-state index contributed by atoms with van der Waals surface area (Å²) in [5.74, 6) is 3.10. The van der Waals surface area contributed by atoms with E-state index in [2.05, 4.69) is 104 Å². The smallest absolute Gasteiger partial charge is 0.208 e. The summed E-state index contributed by atoms with van der Waals surface area (Å²) < 4.78 is 3.42. The fourth-order valence-corrected chi connectivity index (χ4v) is 15.3. The van der Waals surface area contributed by atoms with E-state index in [4.69, 9.17) is 30.0 Å². The Morgan fingerprint density at radius 2 is 0.506 bits per heavy atom. The summed E-state index contributed by atoms with van der Waals surface area (Å²) in [7, 11) is -4.66. The van der Waals surface area contributed by atoms with Crippen molar-refractivity contribution in [2.75, 3.05) is 0 Å². The van der Waals surface area contributed by atoms with Gasteiger partial charge in [-0.2, -0.15) is 9.79 Å². The fourth-order valence-electron chi connectivity index (χ4n) is 13.5. The van der Waals surface area contributed by atoms with Crippen LogP contribution in [-0.4, -0.2) is 41.8 Å². The van der Waals surface area contributed by atoms with Gasteiger partial charge in [-0.1, -0.05) is 158 Å². The molecule has 6 aromatic rings. The van der Waals surface area contributed by atoms with Gasteiger partial charge < -0.3 is 0 Å². The molecule has 0 unspecified atom stereocenters. The number of aromatic nitrogens is 2. The minimum absolute atomic E-state index is 0.451. The maximum Gasteiger partial charge on any atom is 0.498 e. The number of aryl methyl sites for hydroxylation is 8. The van der Waals surface area contributed by atoms with Crippen LogP contribution in [0.3, 0.4) is 0 Å². The Labute approximate surface area is 497 Å². The van der Waals surface area contributed by atoms with Gasteiger partial charge in [-0.25, -0.2) is 30.0 Å². The summed E-state index contributed by atoms with van der Waals surface area (Å²) in [4.78, 5) is 62.5. The third-order valence-electron chi connectivity index (χ3n) is 18.3. The highest BCUT2D eigenvalue weighted by atomic mass is 31.2. The molecule has 4 aromatic carbocycles. The van der Waals surface area contributed by atoms with Crippen LogP contribution in [0.2, 0.25) is 0 Å². The van der Waals surface area contributed by atoms with Gasteiger partial charge in [0, 0.05) is 43.8 Å². The topological polar surface area (TPSA) is 124 Å². The molecule has 0 atom stereocenters. The predicted octanol–water partition coefficient (Wildman–Crippen LogP) is 18.5. The Morgan fingerprint density at radius 1 is 0.277 bits per heavy atom. The molecule has 0 radical (unpaired) electrons. The molecule has 10 rings (SSSR count). The molecule has 442 valence electrons. The van der Waals surface area contributed by atoms with Crippen molar-refractivity contribution in [2.45, 2.75) is 261 Å². The lowest BCUT2D eigenvalue weighted by molar-refractivity contribution is 0.419. The largest absolute Gasteiger partial charge is 0.498 e. The molecule has 0 fully saturated rings. The van der Waals surface area contributed by atoms with Gasteiger partial charge in [0.2, 0.25) is 0 Å². The van der Waals surface area contributed by atoms with Crippen LogP contribution in [0.15, 0.2) is 78.5 Å². The Bertz CT molecular complexity index is 3350.